The van der Waals surface area contributed by atoms with Crippen LogP contribution in [0, 0.1) is 0 Å². The molecule has 0 radical (unpaired) electrons. The number of carboxylic acid groups (broad SMARTS) is 1. The van der Waals surface area contributed by atoms with E-state index in [1.807, 2.05) is 0 Å². The van der Waals surface area contributed by atoms with E-state index in [2.05, 4.69) is 6.92 Å². The molecule has 0 saturated carbocycles. The van der Waals surface area contributed by atoms with Crippen LogP contribution in [-0.4, -0.2) is 28.6 Å². The Balaban J connectivity index is -0.000000201. The minimum atomic E-state index is -4.67. The van der Waals surface area contributed by atoms with Gasteiger partial charge < -0.3 is 6.53 Å². The SMILES string of the molecule is CCCCCCCCCCCCC(=O)O.O=S(=O)(O)O.[H-].[Na+]. The van der Waals surface area contributed by atoms with E-state index in [1.54, 1.807) is 0 Å². The minimum Gasteiger partial charge on any atom is -1.00 e. The van der Waals surface area contributed by atoms with Gasteiger partial charge in [0.2, 0.25) is 0 Å². The molecule has 0 aromatic heterocycles. The molecule has 6 nitrogen and oxygen atoms in total. The molecule has 0 aromatic carbocycles. The molecule has 0 bridgehead atoms. The molecule has 124 valence electrons. The smallest absolute Gasteiger partial charge is 1.00 e. The fourth-order valence-electron chi connectivity index (χ4n) is 1.76. The van der Waals surface area contributed by atoms with E-state index in [1.165, 1.54) is 51.4 Å². The van der Waals surface area contributed by atoms with E-state index in [0.717, 1.165) is 12.8 Å². The Labute approximate surface area is 152 Å². The summed E-state index contributed by atoms with van der Waals surface area (Å²) in [6, 6.07) is 0. The number of hydrogen-bond donors (Lipinski definition) is 3. The van der Waals surface area contributed by atoms with Crippen molar-refractivity contribution in [2.24, 2.45) is 0 Å². The van der Waals surface area contributed by atoms with Crippen LogP contribution in [0.1, 0.15) is 79.0 Å². The maximum absolute atomic E-state index is 10.2. The van der Waals surface area contributed by atoms with Crippen molar-refractivity contribution in [3.05, 3.63) is 0 Å². The molecule has 0 aliphatic heterocycles. The summed E-state index contributed by atoms with van der Waals surface area (Å²) in [6.45, 7) is 2.24. The predicted octanol–water partition coefficient (Wildman–Crippen LogP) is 0.846. The molecule has 0 aromatic rings. The van der Waals surface area contributed by atoms with E-state index >= 15 is 0 Å². The Morgan fingerprint density at radius 1 is 0.857 bits per heavy atom. The van der Waals surface area contributed by atoms with Crippen LogP contribution in [0.5, 0.6) is 0 Å². The minimum absolute atomic E-state index is 0. The third-order valence-corrected chi connectivity index (χ3v) is 2.74. The van der Waals surface area contributed by atoms with Crippen LogP contribution in [0.3, 0.4) is 0 Å². The van der Waals surface area contributed by atoms with Gasteiger partial charge in [-0.3, -0.25) is 13.9 Å². The van der Waals surface area contributed by atoms with Crippen LogP contribution in [0.25, 0.3) is 0 Å². The van der Waals surface area contributed by atoms with Crippen LogP contribution in [0.4, 0.5) is 0 Å². The van der Waals surface area contributed by atoms with Crippen molar-refractivity contribution in [1.29, 1.82) is 0 Å². The standard InChI is InChI=1S/C13H26O2.Na.H2O4S.H/c1-2-3-4-5-6-7-8-9-10-11-12-13(14)15;;1-5(2,3)4;/h2-12H2,1H3,(H,14,15);;(H2,1,2,3,4);/q;+1;;-1. The van der Waals surface area contributed by atoms with Gasteiger partial charge in [-0.05, 0) is 6.42 Å². The zero-order valence-corrected chi connectivity index (χ0v) is 16.1. The molecule has 0 aliphatic rings. The van der Waals surface area contributed by atoms with Crippen LogP contribution < -0.4 is 29.6 Å². The number of hydrogen-bond acceptors (Lipinski definition) is 3. The van der Waals surface area contributed by atoms with Crippen molar-refractivity contribution in [3.8, 4) is 0 Å². The fourth-order valence-corrected chi connectivity index (χ4v) is 1.76. The number of carboxylic acids is 1. The van der Waals surface area contributed by atoms with Gasteiger partial charge in [0.05, 0.1) is 0 Å². The maximum Gasteiger partial charge on any atom is 1.00 e. The molecule has 0 atom stereocenters. The van der Waals surface area contributed by atoms with Crippen molar-refractivity contribution in [1.82, 2.24) is 0 Å². The summed E-state index contributed by atoms with van der Waals surface area (Å²) in [5.41, 5.74) is 0. The number of aliphatic carboxylic acids is 1. The number of rotatable bonds is 11. The Morgan fingerprint density at radius 2 is 1.14 bits per heavy atom. The number of unbranched alkanes of at least 4 members (excludes halogenated alkanes) is 9. The normalized spacial score (nSPS) is 10.2. The van der Waals surface area contributed by atoms with Crippen LogP contribution >= 0.6 is 0 Å². The Kier molecular flexibility index (Phi) is 23.0. The second kappa shape index (κ2) is 18.4. The average molecular weight is 336 g/mol. The van der Waals surface area contributed by atoms with Gasteiger partial charge >= 0.3 is 45.9 Å². The van der Waals surface area contributed by atoms with E-state index in [9.17, 15) is 4.79 Å². The van der Waals surface area contributed by atoms with Crippen molar-refractivity contribution in [2.45, 2.75) is 77.6 Å². The summed E-state index contributed by atoms with van der Waals surface area (Å²) in [7, 11) is -4.67. The second-order valence-corrected chi connectivity index (χ2v) is 5.67. The first-order valence-electron chi connectivity index (χ1n) is 7.19. The van der Waals surface area contributed by atoms with Crippen LogP contribution in [0.15, 0.2) is 0 Å². The molecule has 0 saturated heterocycles. The van der Waals surface area contributed by atoms with E-state index in [4.69, 9.17) is 22.6 Å². The molecule has 0 spiro atoms. The third kappa shape index (κ3) is 44.9. The predicted molar refractivity (Wildman–Crippen MR) is 79.4 cm³/mol. The van der Waals surface area contributed by atoms with Gasteiger partial charge in [-0.2, -0.15) is 8.42 Å². The molecule has 3 N–H and O–H groups in total. The maximum atomic E-state index is 10.2. The average Bonchev–Trinajstić information content (AvgIpc) is 2.29. The molecule has 21 heavy (non-hydrogen) atoms. The van der Waals surface area contributed by atoms with Crippen molar-refractivity contribution >= 4 is 16.4 Å². The van der Waals surface area contributed by atoms with Gasteiger partial charge in [0, 0.05) is 6.42 Å². The van der Waals surface area contributed by atoms with E-state index in [0.29, 0.717) is 6.42 Å². The van der Waals surface area contributed by atoms with Crippen LogP contribution in [0.2, 0.25) is 0 Å². The summed E-state index contributed by atoms with van der Waals surface area (Å²) in [5.74, 6) is -0.658. The summed E-state index contributed by atoms with van der Waals surface area (Å²) >= 11 is 0. The number of carbonyl (C=O) groups is 1. The molecule has 0 amide bonds. The molecule has 0 unspecified atom stereocenters. The summed E-state index contributed by atoms with van der Waals surface area (Å²) in [5, 5.41) is 8.44. The van der Waals surface area contributed by atoms with Crippen LogP contribution in [-0.2, 0) is 15.2 Å². The van der Waals surface area contributed by atoms with E-state index in [-0.39, 0.29) is 31.0 Å². The van der Waals surface area contributed by atoms with Gasteiger partial charge in [0.1, 0.15) is 0 Å². The molecular formula is C13H29NaO6S. The Morgan fingerprint density at radius 3 is 1.43 bits per heavy atom. The molecule has 0 aliphatic carbocycles. The molecular weight excluding hydrogens is 307 g/mol. The van der Waals surface area contributed by atoms with Gasteiger partial charge in [-0.1, -0.05) is 64.7 Å². The quantitative estimate of drug-likeness (QED) is 0.293. The van der Waals surface area contributed by atoms with E-state index < -0.39 is 16.4 Å². The first-order valence-corrected chi connectivity index (χ1v) is 8.58. The molecule has 0 rings (SSSR count). The zero-order valence-electron chi connectivity index (χ0n) is 14.3. The molecule has 0 fully saturated rings. The first-order chi connectivity index (χ1) is 9.27. The summed E-state index contributed by atoms with van der Waals surface area (Å²) in [6.07, 6.45) is 12.9. The fraction of sp³-hybridized carbons (Fsp3) is 0.923. The Bertz CT molecular complexity index is 316. The molecule has 8 heteroatoms. The topological polar surface area (TPSA) is 112 Å². The second-order valence-electron chi connectivity index (χ2n) is 4.77. The van der Waals surface area contributed by atoms with Crippen molar-refractivity contribution < 1.29 is 58.4 Å². The van der Waals surface area contributed by atoms with Gasteiger partial charge in [-0.15, -0.1) is 0 Å². The monoisotopic (exact) mass is 336 g/mol. The zero-order chi connectivity index (χ0) is 15.9. The largest absolute Gasteiger partial charge is 1.00 e. The van der Waals surface area contributed by atoms with Gasteiger partial charge in [0.15, 0.2) is 0 Å². The summed E-state index contributed by atoms with van der Waals surface area (Å²) < 4.78 is 31.6. The van der Waals surface area contributed by atoms with Gasteiger partial charge in [-0.25, -0.2) is 0 Å². The summed E-state index contributed by atoms with van der Waals surface area (Å²) in [4.78, 5) is 10.2. The molecule has 0 heterocycles. The van der Waals surface area contributed by atoms with Crippen molar-refractivity contribution in [3.63, 3.8) is 0 Å². The van der Waals surface area contributed by atoms with Crippen molar-refractivity contribution in [2.75, 3.05) is 0 Å². The van der Waals surface area contributed by atoms with Gasteiger partial charge in [0.25, 0.3) is 0 Å². The first kappa shape index (κ1) is 26.2. The Hall–Kier alpha value is 0.340. The third-order valence-electron chi connectivity index (χ3n) is 2.74.